The Morgan fingerprint density at radius 1 is 1.00 bits per heavy atom. The maximum atomic E-state index is 13.4. The number of nitrogens with zero attached hydrogens (tertiary/aromatic N) is 1. The molecule has 0 aliphatic heterocycles. The van der Waals surface area contributed by atoms with Gasteiger partial charge in [-0.2, -0.15) is 0 Å². The zero-order chi connectivity index (χ0) is 22.4. The summed E-state index contributed by atoms with van der Waals surface area (Å²) in [6, 6.07) is 19.1. The Labute approximate surface area is 191 Å². The lowest BCUT2D eigenvalue weighted by Gasteiger charge is -2.25. The molecule has 0 aliphatic rings. The maximum absolute atomic E-state index is 13.4. The first kappa shape index (κ1) is 22.9. The fourth-order valence-electron chi connectivity index (χ4n) is 2.87. The van der Waals surface area contributed by atoms with Crippen LogP contribution in [0.25, 0.3) is 0 Å². The van der Waals surface area contributed by atoms with E-state index in [0.29, 0.717) is 23.1 Å². The molecular weight excluding hydrogens is 459 g/mol. The Morgan fingerprint density at radius 3 is 2.35 bits per heavy atom. The van der Waals surface area contributed by atoms with Gasteiger partial charge in [0.1, 0.15) is 12.3 Å². The average molecular weight is 479 g/mol. The van der Waals surface area contributed by atoms with Crippen molar-refractivity contribution in [3.63, 3.8) is 0 Å². The third kappa shape index (κ3) is 5.50. The number of para-hydroxylation sites is 2. The molecule has 0 saturated heterocycles. The van der Waals surface area contributed by atoms with Gasteiger partial charge in [0.15, 0.2) is 0 Å². The molecule has 1 N–H and O–H groups in total. The SMILES string of the molecule is CCOc1ccccc1NC(=O)CN(c1ccc(Cl)cc1Cl)S(=O)(=O)c1ccccc1. The van der Waals surface area contributed by atoms with Gasteiger partial charge in [0.25, 0.3) is 10.0 Å². The molecule has 0 saturated carbocycles. The lowest BCUT2D eigenvalue weighted by Crippen LogP contribution is -2.38. The zero-order valence-corrected chi connectivity index (χ0v) is 18.9. The topological polar surface area (TPSA) is 75.7 Å². The van der Waals surface area contributed by atoms with E-state index in [9.17, 15) is 13.2 Å². The second-order valence-electron chi connectivity index (χ2n) is 6.40. The molecule has 0 bridgehead atoms. The number of benzene rings is 3. The van der Waals surface area contributed by atoms with Crippen LogP contribution >= 0.6 is 23.2 Å². The number of anilines is 2. The van der Waals surface area contributed by atoms with Crippen molar-refractivity contribution in [2.24, 2.45) is 0 Å². The molecule has 1 amide bonds. The van der Waals surface area contributed by atoms with E-state index in [1.54, 1.807) is 42.5 Å². The summed E-state index contributed by atoms with van der Waals surface area (Å²) in [5.74, 6) is -0.0713. The van der Waals surface area contributed by atoms with E-state index in [2.05, 4.69) is 5.32 Å². The van der Waals surface area contributed by atoms with Crippen LogP contribution in [0.15, 0.2) is 77.7 Å². The number of ether oxygens (including phenoxy) is 1. The first-order valence-electron chi connectivity index (χ1n) is 9.37. The highest BCUT2D eigenvalue weighted by atomic mass is 35.5. The number of hydrogen-bond donors (Lipinski definition) is 1. The Bertz CT molecular complexity index is 1170. The van der Waals surface area contributed by atoms with E-state index in [1.165, 1.54) is 30.3 Å². The Morgan fingerprint density at radius 2 is 1.68 bits per heavy atom. The number of halogens is 2. The lowest BCUT2D eigenvalue weighted by molar-refractivity contribution is -0.114. The van der Waals surface area contributed by atoms with Crippen molar-refractivity contribution in [2.75, 3.05) is 22.8 Å². The van der Waals surface area contributed by atoms with Crippen LogP contribution in [-0.2, 0) is 14.8 Å². The smallest absolute Gasteiger partial charge is 0.264 e. The van der Waals surface area contributed by atoms with Crippen molar-refractivity contribution in [1.29, 1.82) is 0 Å². The first-order chi connectivity index (χ1) is 14.8. The Kier molecular flexibility index (Phi) is 7.43. The summed E-state index contributed by atoms with van der Waals surface area (Å²) in [6.45, 7) is 1.75. The van der Waals surface area contributed by atoms with Crippen molar-refractivity contribution >= 4 is 50.5 Å². The van der Waals surface area contributed by atoms with Gasteiger partial charge >= 0.3 is 0 Å². The molecule has 0 aliphatic carbocycles. The number of carbonyl (C=O) groups excluding carboxylic acids is 1. The number of sulfonamides is 1. The van der Waals surface area contributed by atoms with Gasteiger partial charge in [-0.3, -0.25) is 9.10 Å². The minimum atomic E-state index is -4.08. The van der Waals surface area contributed by atoms with Crippen molar-refractivity contribution in [2.45, 2.75) is 11.8 Å². The largest absolute Gasteiger partial charge is 0.492 e. The number of nitrogens with one attached hydrogen (secondary N) is 1. The summed E-state index contributed by atoms with van der Waals surface area (Å²) >= 11 is 12.3. The van der Waals surface area contributed by atoms with Crippen LogP contribution in [0.5, 0.6) is 5.75 Å². The highest BCUT2D eigenvalue weighted by Crippen LogP contribution is 2.33. The number of amides is 1. The van der Waals surface area contributed by atoms with Gasteiger partial charge in [-0.1, -0.05) is 53.5 Å². The lowest BCUT2D eigenvalue weighted by atomic mass is 10.3. The van der Waals surface area contributed by atoms with Crippen molar-refractivity contribution in [3.8, 4) is 5.75 Å². The molecule has 3 aromatic rings. The van der Waals surface area contributed by atoms with E-state index in [-0.39, 0.29) is 15.6 Å². The van der Waals surface area contributed by atoms with Gasteiger partial charge < -0.3 is 10.1 Å². The molecular formula is C22H20Cl2N2O4S. The molecule has 9 heteroatoms. The van der Waals surface area contributed by atoms with Gasteiger partial charge in [0, 0.05) is 5.02 Å². The van der Waals surface area contributed by atoms with Crippen LogP contribution in [-0.4, -0.2) is 27.5 Å². The molecule has 0 atom stereocenters. The van der Waals surface area contributed by atoms with E-state index >= 15 is 0 Å². The third-order valence-corrected chi connectivity index (χ3v) is 6.57. The molecule has 0 spiro atoms. The molecule has 6 nitrogen and oxygen atoms in total. The van der Waals surface area contributed by atoms with Crippen LogP contribution in [0.4, 0.5) is 11.4 Å². The highest BCUT2D eigenvalue weighted by molar-refractivity contribution is 7.92. The predicted octanol–water partition coefficient (Wildman–Crippen LogP) is 5.23. The molecule has 31 heavy (non-hydrogen) atoms. The maximum Gasteiger partial charge on any atom is 0.264 e. The Hall–Kier alpha value is -2.74. The monoisotopic (exact) mass is 478 g/mol. The van der Waals surface area contributed by atoms with E-state index in [4.69, 9.17) is 27.9 Å². The van der Waals surface area contributed by atoms with Crippen molar-refractivity contribution in [3.05, 3.63) is 82.8 Å². The summed E-state index contributed by atoms with van der Waals surface area (Å²) in [5, 5.41) is 3.16. The summed E-state index contributed by atoms with van der Waals surface area (Å²) in [5.41, 5.74) is 0.580. The average Bonchev–Trinajstić information content (AvgIpc) is 2.75. The van der Waals surface area contributed by atoms with Crippen molar-refractivity contribution in [1.82, 2.24) is 0 Å². The van der Waals surface area contributed by atoms with Gasteiger partial charge in [0.05, 0.1) is 27.9 Å². The molecule has 0 heterocycles. The summed E-state index contributed by atoms with van der Waals surface area (Å²) in [6.07, 6.45) is 0. The highest BCUT2D eigenvalue weighted by Gasteiger charge is 2.29. The molecule has 0 aromatic heterocycles. The molecule has 162 valence electrons. The third-order valence-electron chi connectivity index (χ3n) is 4.26. The fourth-order valence-corrected chi connectivity index (χ4v) is 4.90. The number of hydrogen-bond acceptors (Lipinski definition) is 4. The van der Waals surface area contributed by atoms with Crippen LogP contribution in [0.2, 0.25) is 10.0 Å². The quantitative estimate of drug-likeness (QED) is 0.480. The molecule has 3 aromatic carbocycles. The van der Waals surface area contributed by atoms with Gasteiger partial charge in [0.2, 0.25) is 5.91 Å². The summed E-state index contributed by atoms with van der Waals surface area (Å²) in [7, 11) is -4.08. The number of carbonyl (C=O) groups is 1. The second-order valence-corrected chi connectivity index (χ2v) is 9.10. The number of rotatable bonds is 8. The van der Waals surface area contributed by atoms with E-state index in [0.717, 1.165) is 4.31 Å². The second kappa shape index (κ2) is 10.0. The predicted molar refractivity (Wildman–Crippen MR) is 124 cm³/mol. The molecule has 0 radical (unpaired) electrons. The summed E-state index contributed by atoms with van der Waals surface area (Å²) < 4.78 is 33.2. The van der Waals surface area contributed by atoms with Crippen LogP contribution in [0.1, 0.15) is 6.92 Å². The Balaban J connectivity index is 1.97. The summed E-state index contributed by atoms with van der Waals surface area (Å²) in [4.78, 5) is 12.9. The standard InChI is InChI=1S/C22H20Cl2N2O4S/c1-2-30-21-11-7-6-10-19(21)25-22(27)15-26(20-13-12-16(23)14-18(20)24)31(28,29)17-8-4-3-5-9-17/h3-14H,2,15H2,1H3,(H,25,27). The van der Waals surface area contributed by atoms with Gasteiger partial charge in [-0.05, 0) is 49.4 Å². The van der Waals surface area contributed by atoms with Crippen molar-refractivity contribution < 1.29 is 17.9 Å². The van der Waals surface area contributed by atoms with Crippen LogP contribution in [0, 0.1) is 0 Å². The van der Waals surface area contributed by atoms with E-state index < -0.39 is 22.5 Å². The first-order valence-corrected chi connectivity index (χ1v) is 11.6. The van der Waals surface area contributed by atoms with Crippen LogP contribution < -0.4 is 14.4 Å². The van der Waals surface area contributed by atoms with E-state index in [1.807, 2.05) is 6.92 Å². The van der Waals surface area contributed by atoms with Gasteiger partial charge in [-0.15, -0.1) is 0 Å². The minimum absolute atomic E-state index is 0.0310. The molecule has 3 rings (SSSR count). The normalized spacial score (nSPS) is 11.1. The zero-order valence-electron chi connectivity index (χ0n) is 16.6. The minimum Gasteiger partial charge on any atom is -0.492 e. The fraction of sp³-hybridized carbons (Fsp3) is 0.136. The molecule has 0 fully saturated rings. The van der Waals surface area contributed by atoms with Gasteiger partial charge in [-0.25, -0.2) is 8.42 Å². The molecule has 0 unspecified atom stereocenters. The van der Waals surface area contributed by atoms with Crippen LogP contribution in [0.3, 0.4) is 0 Å².